The first-order valence-electron chi connectivity index (χ1n) is 14.9. The molecule has 8 heteroatoms. The lowest BCUT2D eigenvalue weighted by atomic mass is 9.99. The van der Waals surface area contributed by atoms with Crippen molar-refractivity contribution >= 4 is 11.6 Å². The molecule has 3 aromatic rings. The maximum Gasteiger partial charge on any atom is 0.257 e. The SMILES string of the molecule is O=C(Nc1ccc([C@H]2O[C@@H](CN3CCC[C@H]3CN3CCCC3)C[C@@H](c3ccc(CO)cc3)O2)cc1)c1cccnc1. The highest BCUT2D eigenvalue weighted by molar-refractivity contribution is 6.04. The fourth-order valence-corrected chi connectivity index (χ4v) is 6.32. The summed E-state index contributed by atoms with van der Waals surface area (Å²) in [7, 11) is 0. The van der Waals surface area contributed by atoms with Gasteiger partial charge in [0.1, 0.15) is 0 Å². The van der Waals surface area contributed by atoms with Gasteiger partial charge in [-0.1, -0.05) is 36.4 Å². The van der Waals surface area contributed by atoms with E-state index in [2.05, 4.69) is 32.2 Å². The van der Waals surface area contributed by atoms with Crippen LogP contribution in [0.4, 0.5) is 5.69 Å². The van der Waals surface area contributed by atoms with E-state index in [1.54, 1.807) is 24.5 Å². The molecule has 0 unspecified atom stereocenters. The summed E-state index contributed by atoms with van der Waals surface area (Å²) in [6.45, 7) is 5.64. The van der Waals surface area contributed by atoms with Crippen LogP contribution in [0, 0.1) is 0 Å². The first-order valence-corrected chi connectivity index (χ1v) is 14.9. The number of pyridine rings is 1. The zero-order valence-electron chi connectivity index (χ0n) is 23.5. The topological polar surface area (TPSA) is 87.2 Å². The van der Waals surface area contributed by atoms with Crippen molar-refractivity contribution in [2.24, 2.45) is 0 Å². The minimum absolute atomic E-state index is 0.0250. The number of amides is 1. The molecule has 2 N–H and O–H groups in total. The molecule has 6 rings (SSSR count). The maximum atomic E-state index is 12.6. The van der Waals surface area contributed by atoms with Crippen LogP contribution >= 0.6 is 0 Å². The Morgan fingerprint density at radius 1 is 0.927 bits per heavy atom. The fourth-order valence-electron chi connectivity index (χ4n) is 6.32. The molecule has 1 amide bonds. The summed E-state index contributed by atoms with van der Waals surface area (Å²) >= 11 is 0. The van der Waals surface area contributed by atoms with Gasteiger partial charge in [0.05, 0.1) is 24.4 Å². The van der Waals surface area contributed by atoms with Crippen molar-refractivity contribution in [2.75, 3.05) is 38.0 Å². The van der Waals surface area contributed by atoms with E-state index < -0.39 is 6.29 Å². The Balaban J connectivity index is 1.16. The minimum Gasteiger partial charge on any atom is -0.392 e. The normalized spacial score (nSPS) is 25.4. The standard InChI is InChI=1S/C33H40N4O4/c38-23-24-7-9-25(10-8-24)31-19-30(22-37-18-4-6-29(37)21-36-16-1-2-17-36)40-33(41-31)26-11-13-28(14-12-26)35-32(39)27-5-3-15-34-20-27/h3,5,7-15,20,29-31,33,38H,1-2,4,6,16-19,21-23H2,(H,35,39)/t29-,30+,31-,33-/m0/s1. The van der Waals surface area contributed by atoms with Gasteiger partial charge in [-0.25, -0.2) is 0 Å². The number of aliphatic hydroxyl groups excluding tert-OH is 1. The number of hydrogen-bond donors (Lipinski definition) is 2. The molecular weight excluding hydrogens is 516 g/mol. The largest absolute Gasteiger partial charge is 0.392 e. The Morgan fingerprint density at radius 3 is 2.44 bits per heavy atom. The third kappa shape index (κ3) is 7.02. The van der Waals surface area contributed by atoms with Gasteiger partial charge in [0.15, 0.2) is 6.29 Å². The van der Waals surface area contributed by atoms with Crippen LogP contribution in [0.15, 0.2) is 73.1 Å². The number of ether oxygens (including phenoxy) is 2. The van der Waals surface area contributed by atoms with Crippen molar-refractivity contribution in [1.29, 1.82) is 0 Å². The first-order chi connectivity index (χ1) is 20.1. The number of anilines is 1. The summed E-state index contributed by atoms with van der Waals surface area (Å²) in [5, 5.41) is 12.4. The molecule has 0 saturated carbocycles. The molecule has 0 spiro atoms. The predicted molar refractivity (Wildman–Crippen MR) is 157 cm³/mol. The first kappa shape index (κ1) is 28.0. The third-order valence-electron chi connectivity index (χ3n) is 8.58. The van der Waals surface area contributed by atoms with Crippen LogP contribution in [-0.2, 0) is 16.1 Å². The molecular formula is C33H40N4O4. The molecule has 0 aliphatic carbocycles. The quantitative estimate of drug-likeness (QED) is 0.386. The van der Waals surface area contributed by atoms with Crippen molar-refractivity contribution in [3.05, 3.63) is 95.3 Å². The van der Waals surface area contributed by atoms with Crippen LogP contribution in [0.25, 0.3) is 0 Å². The molecule has 3 saturated heterocycles. The van der Waals surface area contributed by atoms with Gasteiger partial charge in [-0.15, -0.1) is 0 Å². The molecule has 3 aliphatic rings. The molecule has 8 nitrogen and oxygen atoms in total. The molecule has 4 heterocycles. The second-order valence-electron chi connectivity index (χ2n) is 11.5. The second-order valence-corrected chi connectivity index (χ2v) is 11.5. The molecule has 1 aromatic heterocycles. The minimum atomic E-state index is -0.515. The summed E-state index contributed by atoms with van der Waals surface area (Å²) in [6, 6.07) is 19.8. The molecule has 3 aliphatic heterocycles. The van der Waals surface area contributed by atoms with Gasteiger partial charge in [-0.05, 0) is 80.7 Å². The van der Waals surface area contributed by atoms with E-state index >= 15 is 0 Å². The van der Waals surface area contributed by atoms with Crippen molar-refractivity contribution < 1.29 is 19.4 Å². The molecule has 0 radical (unpaired) electrons. The highest BCUT2D eigenvalue weighted by Crippen LogP contribution is 2.39. The predicted octanol–water partition coefficient (Wildman–Crippen LogP) is 4.93. The van der Waals surface area contributed by atoms with Crippen molar-refractivity contribution in [3.8, 4) is 0 Å². The number of nitrogens with one attached hydrogen (secondary N) is 1. The lowest BCUT2D eigenvalue weighted by molar-refractivity contribution is -0.253. The van der Waals surface area contributed by atoms with Crippen LogP contribution < -0.4 is 5.32 Å². The Bertz CT molecular complexity index is 1260. The molecule has 3 fully saturated rings. The van der Waals surface area contributed by atoms with Gasteiger partial charge in [-0.3, -0.25) is 14.7 Å². The zero-order valence-corrected chi connectivity index (χ0v) is 23.5. The third-order valence-corrected chi connectivity index (χ3v) is 8.58. The monoisotopic (exact) mass is 556 g/mol. The summed E-state index contributed by atoms with van der Waals surface area (Å²) in [5.74, 6) is -0.198. The average Bonchev–Trinajstić information content (AvgIpc) is 3.70. The number of benzene rings is 2. The van der Waals surface area contributed by atoms with E-state index in [1.807, 2.05) is 36.4 Å². The average molecular weight is 557 g/mol. The molecule has 4 atom stereocenters. The van der Waals surface area contributed by atoms with E-state index in [9.17, 15) is 9.90 Å². The van der Waals surface area contributed by atoms with E-state index in [4.69, 9.17) is 9.47 Å². The van der Waals surface area contributed by atoms with E-state index in [0.717, 1.165) is 42.7 Å². The Hall–Kier alpha value is -3.14. The summed E-state index contributed by atoms with van der Waals surface area (Å²) in [6.07, 6.45) is 8.51. The number of hydrogen-bond acceptors (Lipinski definition) is 7. The number of nitrogens with zero attached hydrogens (tertiary/aromatic N) is 3. The summed E-state index contributed by atoms with van der Waals surface area (Å²) in [4.78, 5) is 21.8. The number of aliphatic hydroxyl groups is 1. The molecule has 2 aromatic carbocycles. The van der Waals surface area contributed by atoms with Crippen LogP contribution in [0.2, 0.25) is 0 Å². The van der Waals surface area contributed by atoms with Crippen LogP contribution in [0.3, 0.4) is 0 Å². The number of aromatic nitrogens is 1. The number of carbonyl (C=O) groups excluding carboxylic acids is 1. The lowest BCUT2D eigenvalue weighted by Crippen LogP contribution is -2.45. The van der Waals surface area contributed by atoms with Crippen LogP contribution in [0.1, 0.15) is 71.5 Å². The molecule has 0 bridgehead atoms. The zero-order chi connectivity index (χ0) is 28.0. The van der Waals surface area contributed by atoms with Gasteiger partial charge < -0.3 is 24.8 Å². The lowest BCUT2D eigenvalue weighted by Gasteiger charge is -2.39. The number of carbonyl (C=O) groups is 1. The highest BCUT2D eigenvalue weighted by atomic mass is 16.7. The van der Waals surface area contributed by atoms with E-state index in [0.29, 0.717) is 17.3 Å². The maximum absolute atomic E-state index is 12.6. The van der Waals surface area contributed by atoms with Crippen LogP contribution in [-0.4, -0.2) is 70.7 Å². The van der Waals surface area contributed by atoms with Gasteiger partial charge >= 0.3 is 0 Å². The smallest absolute Gasteiger partial charge is 0.257 e. The van der Waals surface area contributed by atoms with Gasteiger partial charge in [0.25, 0.3) is 5.91 Å². The van der Waals surface area contributed by atoms with Gasteiger partial charge in [0.2, 0.25) is 0 Å². The van der Waals surface area contributed by atoms with Crippen LogP contribution in [0.5, 0.6) is 0 Å². The number of rotatable bonds is 9. The van der Waals surface area contributed by atoms with E-state index in [1.165, 1.54) is 38.8 Å². The second kappa shape index (κ2) is 13.2. The Morgan fingerprint density at radius 2 is 1.71 bits per heavy atom. The highest BCUT2D eigenvalue weighted by Gasteiger charge is 2.36. The van der Waals surface area contributed by atoms with Crippen molar-refractivity contribution in [1.82, 2.24) is 14.8 Å². The fraction of sp³-hybridized carbons (Fsp3) is 0.455. The number of likely N-dealkylation sites (tertiary alicyclic amines) is 2. The molecule has 216 valence electrons. The Labute approximate surface area is 242 Å². The van der Waals surface area contributed by atoms with Crippen molar-refractivity contribution in [2.45, 2.75) is 63.3 Å². The molecule has 41 heavy (non-hydrogen) atoms. The van der Waals surface area contributed by atoms with Gasteiger partial charge in [0, 0.05) is 49.2 Å². The summed E-state index contributed by atoms with van der Waals surface area (Å²) in [5.41, 5.74) is 4.11. The van der Waals surface area contributed by atoms with E-state index in [-0.39, 0.29) is 24.7 Å². The summed E-state index contributed by atoms with van der Waals surface area (Å²) < 4.78 is 13.2. The Kier molecular flexibility index (Phi) is 9.03. The van der Waals surface area contributed by atoms with Gasteiger partial charge in [-0.2, -0.15) is 0 Å². The van der Waals surface area contributed by atoms with Crippen molar-refractivity contribution in [3.63, 3.8) is 0 Å².